The summed E-state index contributed by atoms with van der Waals surface area (Å²) in [6.07, 6.45) is 13.4. The van der Waals surface area contributed by atoms with Gasteiger partial charge < -0.3 is 9.80 Å². The van der Waals surface area contributed by atoms with Gasteiger partial charge in [0, 0.05) is 82.5 Å². The van der Waals surface area contributed by atoms with Crippen molar-refractivity contribution >= 4 is 45.6 Å². The van der Waals surface area contributed by atoms with Crippen molar-refractivity contribution in [2.75, 3.05) is 45.8 Å². The fourth-order valence-corrected chi connectivity index (χ4v) is 9.25. The van der Waals surface area contributed by atoms with Gasteiger partial charge in [0.25, 0.3) is 0 Å². The van der Waals surface area contributed by atoms with Crippen LogP contribution in [0.4, 0.5) is 0 Å². The van der Waals surface area contributed by atoms with E-state index in [1.807, 2.05) is 4.90 Å². The van der Waals surface area contributed by atoms with Gasteiger partial charge >= 0.3 is 0 Å². The number of aryl methyl sites for hydroxylation is 1. The molecule has 7 nitrogen and oxygen atoms in total. The Morgan fingerprint density at radius 1 is 1.00 bits per heavy atom. The Morgan fingerprint density at radius 2 is 1.78 bits per heavy atom. The fraction of sp³-hybridized carbons (Fsp3) is 0.694. The lowest BCUT2D eigenvalue weighted by molar-refractivity contribution is -0.138. The van der Waals surface area contributed by atoms with Gasteiger partial charge in [0.1, 0.15) is 0 Å². The van der Waals surface area contributed by atoms with Gasteiger partial charge in [-0.25, -0.2) is 0 Å². The number of rotatable bonds is 7. The monoisotopic (exact) mass is 699 g/mol. The zero-order valence-electron chi connectivity index (χ0n) is 27.2. The Bertz CT molecular complexity index is 1290. The first-order valence-corrected chi connectivity index (χ1v) is 18.8. The van der Waals surface area contributed by atoms with Gasteiger partial charge in [0.2, 0.25) is 11.8 Å². The van der Waals surface area contributed by atoms with E-state index in [9.17, 15) is 9.59 Å². The number of unbranched alkanes of at least 4 members (excludes halogenated alkanes) is 1. The molecule has 0 saturated carbocycles. The van der Waals surface area contributed by atoms with Crippen molar-refractivity contribution in [1.82, 2.24) is 19.6 Å². The first-order chi connectivity index (χ1) is 21.8. The van der Waals surface area contributed by atoms with E-state index in [-0.39, 0.29) is 11.9 Å². The lowest BCUT2D eigenvalue weighted by Crippen LogP contribution is -2.59. The summed E-state index contributed by atoms with van der Waals surface area (Å²) >= 11 is 10.3. The second-order valence-electron chi connectivity index (χ2n) is 14.0. The summed E-state index contributed by atoms with van der Waals surface area (Å²) < 4.78 is 0. The molecule has 0 radical (unpaired) electrons. The number of nitrogens with zero attached hydrogens (tertiary/aromatic N) is 5. The van der Waals surface area contributed by atoms with E-state index >= 15 is 0 Å². The zero-order chi connectivity index (χ0) is 31.5. The van der Waals surface area contributed by atoms with Crippen molar-refractivity contribution in [2.45, 2.75) is 107 Å². The van der Waals surface area contributed by atoms with E-state index in [2.05, 4.69) is 62.0 Å². The number of aliphatic imine (C=N–C) groups is 1. The smallest absolute Gasteiger partial charge is 0.223 e. The molecule has 1 aromatic rings. The summed E-state index contributed by atoms with van der Waals surface area (Å²) in [5, 5.41) is 0.821. The first kappa shape index (κ1) is 33.2. The summed E-state index contributed by atoms with van der Waals surface area (Å²) in [7, 11) is 0. The van der Waals surface area contributed by atoms with Crippen LogP contribution in [0.25, 0.3) is 0 Å². The largest absolute Gasteiger partial charge is 0.343 e. The van der Waals surface area contributed by atoms with Gasteiger partial charge in [-0.05, 0) is 86.1 Å². The molecule has 4 heterocycles. The van der Waals surface area contributed by atoms with Crippen LogP contribution in [0.5, 0.6) is 0 Å². The molecule has 3 atom stereocenters. The molecule has 2 amide bonds. The molecule has 3 fully saturated rings. The fourth-order valence-electron chi connectivity index (χ4n) is 8.55. The van der Waals surface area contributed by atoms with Crippen molar-refractivity contribution in [3.8, 4) is 0 Å². The number of hydrogen-bond donors (Lipinski definition) is 0. The highest BCUT2D eigenvalue weighted by atomic mass is 79.9. The lowest BCUT2D eigenvalue weighted by Gasteiger charge is -2.48. The number of carbonyl (C=O) groups excluding carboxylic acids is 2. The topological polar surface area (TPSA) is 59.5 Å². The predicted molar refractivity (Wildman–Crippen MR) is 186 cm³/mol. The van der Waals surface area contributed by atoms with E-state index in [0.717, 1.165) is 115 Å². The standard InChI is InChI=1S/C36H51BrClN5O2/c1-3-4-5-32-24-42(18-19-43(32)34(45)20-26-10-14-40(15-11-26)25(2)44)31-12-16-41(17-13-31)36-33-9-8-30(38)22-27(33)6-7-28-21-29(37)23-39-35(28)36/h8-9,22-23,26,29,31-32,36H,3-7,10-21,24H2,1-2H3/t29?,32-,36?/m0/s1. The number of hydrogen-bond acceptors (Lipinski definition) is 5. The average molecular weight is 701 g/mol. The predicted octanol–water partition coefficient (Wildman–Crippen LogP) is 6.64. The van der Waals surface area contributed by atoms with E-state index in [4.69, 9.17) is 16.6 Å². The Labute approximate surface area is 283 Å². The van der Waals surface area contributed by atoms with Gasteiger partial charge in [-0.2, -0.15) is 0 Å². The molecule has 3 saturated heterocycles. The van der Waals surface area contributed by atoms with Crippen LogP contribution in [0.3, 0.4) is 0 Å². The van der Waals surface area contributed by atoms with Crippen molar-refractivity contribution in [3.05, 3.63) is 45.6 Å². The van der Waals surface area contributed by atoms with Gasteiger partial charge in [0.15, 0.2) is 0 Å². The minimum atomic E-state index is 0.155. The Balaban J connectivity index is 1.09. The summed E-state index contributed by atoms with van der Waals surface area (Å²) in [6.45, 7) is 10.4. The number of piperidine rings is 2. The molecule has 4 aliphatic heterocycles. The second kappa shape index (κ2) is 15.0. The first-order valence-electron chi connectivity index (χ1n) is 17.5. The van der Waals surface area contributed by atoms with Crippen LogP contribution in [0, 0.1) is 5.92 Å². The van der Waals surface area contributed by atoms with Crippen LogP contribution in [0.2, 0.25) is 5.02 Å². The van der Waals surface area contributed by atoms with E-state index in [0.29, 0.717) is 35.2 Å². The molecule has 5 aliphatic rings. The molecule has 2 unspecified atom stereocenters. The molecular formula is C36H51BrClN5O2. The zero-order valence-corrected chi connectivity index (χ0v) is 29.6. The molecule has 0 bridgehead atoms. The van der Waals surface area contributed by atoms with Crippen LogP contribution in [0.1, 0.15) is 95.2 Å². The molecule has 6 rings (SSSR count). The van der Waals surface area contributed by atoms with Crippen LogP contribution in [-0.2, 0) is 16.0 Å². The highest BCUT2D eigenvalue weighted by Crippen LogP contribution is 2.43. The summed E-state index contributed by atoms with van der Waals surface area (Å²) in [4.78, 5) is 40.3. The molecule has 9 heteroatoms. The maximum atomic E-state index is 13.6. The van der Waals surface area contributed by atoms with Crippen LogP contribution >= 0.6 is 27.5 Å². The minimum absolute atomic E-state index is 0.155. The number of alkyl halides is 1. The van der Waals surface area contributed by atoms with Gasteiger partial charge in [-0.15, -0.1) is 0 Å². The molecule has 0 spiro atoms. The number of piperazine rings is 1. The van der Waals surface area contributed by atoms with Crippen molar-refractivity contribution in [1.29, 1.82) is 0 Å². The van der Waals surface area contributed by atoms with Gasteiger partial charge in [0.05, 0.1) is 16.6 Å². The highest BCUT2D eigenvalue weighted by molar-refractivity contribution is 9.10. The number of carbonyl (C=O) groups is 2. The van der Waals surface area contributed by atoms with Crippen LogP contribution < -0.4 is 0 Å². The van der Waals surface area contributed by atoms with Crippen LogP contribution in [0.15, 0.2) is 34.5 Å². The maximum Gasteiger partial charge on any atom is 0.223 e. The highest BCUT2D eigenvalue weighted by Gasteiger charge is 2.38. The van der Waals surface area contributed by atoms with Crippen molar-refractivity contribution < 1.29 is 9.59 Å². The Kier molecular flexibility index (Phi) is 11.1. The third-order valence-electron chi connectivity index (χ3n) is 11.2. The average Bonchev–Trinajstić information content (AvgIpc) is 3.20. The van der Waals surface area contributed by atoms with Gasteiger partial charge in [-0.1, -0.05) is 53.4 Å². The third-order valence-corrected chi connectivity index (χ3v) is 12.0. The van der Waals surface area contributed by atoms with Gasteiger partial charge in [-0.3, -0.25) is 24.4 Å². The minimum Gasteiger partial charge on any atom is -0.343 e. The normalized spacial score (nSPS) is 27.3. The number of halogens is 2. The van der Waals surface area contributed by atoms with E-state index in [1.54, 1.807) is 6.92 Å². The maximum absolute atomic E-state index is 13.6. The summed E-state index contributed by atoms with van der Waals surface area (Å²) in [6, 6.07) is 7.54. The number of likely N-dealkylation sites (tertiary alicyclic amines) is 2. The number of benzene rings is 1. The molecule has 0 N–H and O–H groups in total. The van der Waals surface area contributed by atoms with Crippen LogP contribution in [-0.4, -0.2) is 100 Å². The quantitative estimate of drug-likeness (QED) is 0.300. The SMILES string of the molecule is CCCC[C@H]1CN(C2CCN(C3C4=C(CCc5cc(Cl)ccc53)CC(Br)C=N4)CC2)CCN1C(=O)CC1CCN(C(C)=O)CC1. The molecular weight excluding hydrogens is 650 g/mol. The summed E-state index contributed by atoms with van der Waals surface area (Å²) in [5.74, 6) is 0.890. The molecule has 1 aliphatic carbocycles. The molecule has 1 aromatic carbocycles. The molecule has 45 heavy (non-hydrogen) atoms. The number of allylic oxidation sites excluding steroid dienone is 1. The van der Waals surface area contributed by atoms with Crippen molar-refractivity contribution in [3.63, 3.8) is 0 Å². The van der Waals surface area contributed by atoms with E-state index < -0.39 is 0 Å². The third kappa shape index (κ3) is 7.71. The summed E-state index contributed by atoms with van der Waals surface area (Å²) in [5.41, 5.74) is 5.51. The number of amides is 2. The molecule has 246 valence electrons. The number of fused-ring (bicyclic) bond motifs is 1. The van der Waals surface area contributed by atoms with E-state index in [1.165, 1.54) is 22.4 Å². The Morgan fingerprint density at radius 3 is 2.51 bits per heavy atom. The lowest BCUT2D eigenvalue weighted by atomic mass is 9.91. The second-order valence-corrected chi connectivity index (χ2v) is 15.6. The van der Waals surface area contributed by atoms with Crippen molar-refractivity contribution in [2.24, 2.45) is 10.9 Å². The Hall–Kier alpha value is -1.74. The molecule has 0 aromatic heterocycles.